The van der Waals surface area contributed by atoms with E-state index in [0.717, 1.165) is 0 Å². The Morgan fingerprint density at radius 3 is 2.57 bits per heavy atom. The molecule has 1 unspecified atom stereocenters. The number of halogens is 3. The zero-order chi connectivity index (χ0) is 10.7. The number of benzene rings is 1. The number of aliphatic hydroxyl groups is 1. The highest BCUT2D eigenvalue weighted by Crippen LogP contribution is 2.33. The van der Waals surface area contributed by atoms with Crippen LogP contribution in [-0.2, 0) is 0 Å². The average Bonchev–Trinajstić information content (AvgIpc) is 2.15. The van der Waals surface area contributed by atoms with Crippen molar-refractivity contribution in [3.05, 3.63) is 34.3 Å². The van der Waals surface area contributed by atoms with Gasteiger partial charge in [-0.25, -0.2) is 8.78 Å². The second-order valence-corrected chi connectivity index (χ2v) is 3.53. The fourth-order valence-corrected chi connectivity index (χ4v) is 1.58. The summed E-state index contributed by atoms with van der Waals surface area (Å²) >= 11 is 5.66. The lowest BCUT2D eigenvalue weighted by Gasteiger charge is -2.14. The molecule has 1 N–H and O–H groups in total. The minimum absolute atomic E-state index is 0.0535. The first kappa shape index (κ1) is 11.4. The van der Waals surface area contributed by atoms with Gasteiger partial charge in [-0.15, -0.1) is 0 Å². The van der Waals surface area contributed by atoms with Crippen LogP contribution in [0.15, 0.2) is 18.2 Å². The van der Waals surface area contributed by atoms with Crippen LogP contribution in [0.5, 0.6) is 0 Å². The molecule has 0 radical (unpaired) electrons. The molecule has 0 saturated heterocycles. The second kappa shape index (κ2) is 4.71. The summed E-state index contributed by atoms with van der Waals surface area (Å²) in [5, 5.41) is 8.95. The molecule has 0 aliphatic carbocycles. The van der Waals surface area contributed by atoms with Crippen LogP contribution in [0.1, 0.15) is 30.4 Å². The maximum absolute atomic E-state index is 12.6. The molecule has 0 spiro atoms. The molecule has 0 aliphatic rings. The Hall–Kier alpha value is -0.670. The van der Waals surface area contributed by atoms with Crippen molar-refractivity contribution in [1.82, 2.24) is 0 Å². The van der Waals surface area contributed by atoms with E-state index in [9.17, 15) is 8.78 Å². The predicted octanol–water partition coefficient (Wildman–Crippen LogP) is 3.37. The van der Waals surface area contributed by atoms with E-state index in [0.29, 0.717) is 5.56 Å². The highest BCUT2D eigenvalue weighted by Gasteiger charge is 2.19. The van der Waals surface area contributed by atoms with E-state index < -0.39 is 6.43 Å². The summed E-state index contributed by atoms with van der Waals surface area (Å²) in [4.78, 5) is 0. The SMILES string of the molecule is CC(CO)c1cccc(Cl)c1C(F)F. The van der Waals surface area contributed by atoms with Gasteiger partial charge in [0, 0.05) is 23.1 Å². The topological polar surface area (TPSA) is 20.2 Å². The van der Waals surface area contributed by atoms with Crippen LogP contribution in [0, 0.1) is 0 Å². The Balaban J connectivity index is 3.21. The van der Waals surface area contributed by atoms with Crippen molar-refractivity contribution < 1.29 is 13.9 Å². The summed E-state index contributed by atoms with van der Waals surface area (Å²) in [6, 6.07) is 4.60. The van der Waals surface area contributed by atoms with Gasteiger partial charge in [-0.3, -0.25) is 0 Å². The Labute approximate surface area is 86.3 Å². The lowest BCUT2D eigenvalue weighted by molar-refractivity contribution is 0.149. The summed E-state index contributed by atoms with van der Waals surface area (Å²) in [5.74, 6) is -0.322. The minimum atomic E-state index is -2.60. The van der Waals surface area contributed by atoms with Crippen molar-refractivity contribution in [3.8, 4) is 0 Å². The Morgan fingerprint density at radius 2 is 2.07 bits per heavy atom. The first-order valence-electron chi connectivity index (χ1n) is 4.25. The number of alkyl halides is 2. The van der Waals surface area contributed by atoms with Gasteiger partial charge >= 0.3 is 0 Å². The monoisotopic (exact) mass is 220 g/mol. The Morgan fingerprint density at radius 1 is 1.43 bits per heavy atom. The number of hydrogen-bond donors (Lipinski definition) is 1. The maximum Gasteiger partial charge on any atom is 0.265 e. The summed E-state index contributed by atoms with van der Waals surface area (Å²) in [5.41, 5.74) is 0.241. The van der Waals surface area contributed by atoms with E-state index in [-0.39, 0.29) is 23.1 Å². The van der Waals surface area contributed by atoms with Gasteiger partial charge in [0.05, 0.1) is 0 Å². The highest BCUT2D eigenvalue weighted by atomic mass is 35.5. The standard InChI is InChI=1S/C10H11ClF2O/c1-6(5-14)7-3-2-4-8(11)9(7)10(12)13/h2-4,6,10,14H,5H2,1H3. The van der Waals surface area contributed by atoms with Crippen molar-refractivity contribution in [1.29, 1.82) is 0 Å². The molecule has 14 heavy (non-hydrogen) atoms. The van der Waals surface area contributed by atoms with Crippen molar-refractivity contribution in [3.63, 3.8) is 0 Å². The molecule has 1 nitrogen and oxygen atoms in total. The first-order valence-corrected chi connectivity index (χ1v) is 4.63. The number of aliphatic hydroxyl groups excluding tert-OH is 1. The molecule has 1 aromatic rings. The smallest absolute Gasteiger partial charge is 0.265 e. The second-order valence-electron chi connectivity index (χ2n) is 3.13. The van der Waals surface area contributed by atoms with Crippen LogP contribution in [0.25, 0.3) is 0 Å². The molecule has 0 bridgehead atoms. The molecule has 0 aromatic heterocycles. The van der Waals surface area contributed by atoms with Gasteiger partial charge < -0.3 is 5.11 Å². The lowest BCUT2D eigenvalue weighted by Crippen LogP contribution is -2.04. The predicted molar refractivity (Wildman–Crippen MR) is 51.9 cm³/mol. The van der Waals surface area contributed by atoms with Gasteiger partial charge in [-0.2, -0.15) is 0 Å². The van der Waals surface area contributed by atoms with Gasteiger partial charge in [-0.05, 0) is 11.6 Å². The highest BCUT2D eigenvalue weighted by molar-refractivity contribution is 6.31. The van der Waals surface area contributed by atoms with E-state index in [4.69, 9.17) is 16.7 Å². The Bertz CT molecular complexity index is 315. The molecule has 78 valence electrons. The van der Waals surface area contributed by atoms with Crippen molar-refractivity contribution >= 4 is 11.6 Å². The van der Waals surface area contributed by atoms with E-state index in [2.05, 4.69) is 0 Å². The molecule has 0 saturated carbocycles. The molecule has 0 heterocycles. The molecule has 1 atom stereocenters. The fraction of sp³-hybridized carbons (Fsp3) is 0.400. The van der Waals surface area contributed by atoms with Gasteiger partial charge in [0.2, 0.25) is 0 Å². The van der Waals surface area contributed by atoms with Crippen molar-refractivity contribution in [2.45, 2.75) is 19.3 Å². The molecular formula is C10H11ClF2O. The molecule has 1 rings (SSSR count). The maximum atomic E-state index is 12.6. The van der Waals surface area contributed by atoms with Crippen molar-refractivity contribution in [2.24, 2.45) is 0 Å². The van der Waals surface area contributed by atoms with Gasteiger partial charge in [0.1, 0.15) is 0 Å². The third-order valence-electron chi connectivity index (χ3n) is 2.11. The van der Waals surface area contributed by atoms with E-state index in [1.54, 1.807) is 19.1 Å². The molecule has 0 amide bonds. The molecule has 4 heteroatoms. The fourth-order valence-electron chi connectivity index (χ4n) is 1.31. The van der Waals surface area contributed by atoms with E-state index in [1.807, 2.05) is 0 Å². The largest absolute Gasteiger partial charge is 0.396 e. The van der Waals surface area contributed by atoms with Crippen LogP contribution >= 0.6 is 11.6 Å². The van der Waals surface area contributed by atoms with Gasteiger partial charge in [0.15, 0.2) is 0 Å². The summed E-state index contributed by atoms with van der Waals surface area (Å²) in [7, 11) is 0. The average molecular weight is 221 g/mol. The number of rotatable bonds is 3. The van der Waals surface area contributed by atoms with Crippen molar-refractivity contribution in [2.75, 3.05) is 6.61 Å². The Kier molecular flexibility index (Phi) is 3.84. The van der Waals surface area contributed by atoms with Crippen LogP contribution in [0.3, 0.4) is 0 Å². The molecular weight excluding hydrogens is 210 g/mol. The third kappa shape index (κ3) is 2.22. The van der Waals surface area contributed by atoms with Crippen LogP contribution in [0.4, 0.5) is 8.78 Å². The van der Waals surface area contributed by atoms with Crippen LogP contribution < -0.4 is 0 Å². The lowest BCUT2D eigenvalue weighted by atomic mass is 9.96. The normalized spacial score (nSPS) is 13.3. The molecule has 1 aromatic carbocycles. The summed E-state index contributed by atoms with van der Waals surface area (Å²) in [6.45, 7) is 1.51. The van der Waals surface area contributed by atoms with Gasteiger partial charge in [-0.1, -0.05) is 30.7 Å². The zero-order valence-electron chi connectivity index (χ0n) is 7.67. The quantitative estimate of drug-likeness (QED) is 0.828. The van der Waals surface area contributed by atoms with E-state index in [1.165, 1.54) is 6.07 Å². The molecule has 0 aliphatic heterocycles. The first-order chi connectivity index (χ1) is 6.57. The molecule has 0 fully saturated rings. The van der Waals surface area contributed by atoms with Crippen LogP contribution in [0.2, 0.25) is 5.02 Å². The zero-order valence-corrected chi connectivity index (χ0v) is 8.43. The van der Waals surface area contributed by atoms with Gasteiger partial charge in [0.25, 0.3) is 6.43 Å². The number of hydrogen-bond acceptors (Lipinski definition) is 1. The van der Waals surface area contributed by atoms with E-state index >= 15 is 0 Å². The van der Waals surface area contributed by atoms with Crippen LogP contribution in [-0.4, -0.2) is 11.7 Å². The minimum Gasteiger partial charge on any atom is -0.396 e. The summed E-state index contributed by atoms with van der Waals surface area (Å²) in [6.07, 6.45) is -2.60. The summed E-state index contributed by atoms with van der Waals surface area (Å²) < 4.78 is 25.2. The third-order valence-corrected chi connectivity index (χ3v) is 2.44.